The van der Waals surface area contributed by atoms with E-state index in [4.69, 9.17) is 4.74 Å². The number of hydrogen-bond acceptors (Lipinski definition) is 4. The van der Waals surface area contributed by atoms with Crippen LogP contribution in [0.4, 0.5) is 5.69 Å². The fourth-order valence-corrected chi connectivity index (χ4v) is 3.59. The lowest BCUT2D eigenvalue weighted by atomic mass is 10.0. The van der Waals surface area contributed by atoms with Crippen molar-refractivity contribution in [2.45, 2.75) is 12.5 Å². The average Bonchev–Trinajstić information content (AvgIpc) is 3.11. The van der Waals surface area contributed by atoms with Gasteiger partial charge in [0.25, 0.3) is 0 Å². The van der Waals surface area contributed by atoms with E-state index in [1.807, 2.05) is 12.1 Å². The number of piperazine rings is 1. The van der Waals surface area contributed by atoms with Gasteiger partial charge in [-0.25, -0.2) is 0 Å². The number of aliphatic hydroxyl groups excluding tert-OH is 1. The molecule has 4 rings (SSSR count). The summed E-state index contributed by atoms with van der Waals surface area (Å²) >= 11 is 0. The largest absolute Gasteiger partial charge is 0.493 e. The van der Waals surface area contributed by atoms with Crippen LogP contribution in [0.1, 0.15) is 17.2 Å². The third-order valence-electron chi connectivity index (χ3n) is 5.02. The predicted molar refractivity (Wildman–Crippen MR) is 95.7 cm³/mol. The molecule has 1 unspecified atom stereocenters. The van der Waals surface area contributed by atoms with Crippen molar-refractivity contribution in [2.24, 2.45) is 0 Å². The summed E-state index contributed by atoms with van der Waals surface area (Å²) in [5.41, 5.74) is 3.52. The number of fused-ring (bicyclic) bond motifs is 1. The molecule has 24 heavy (non-hydrogen) atoms. The third kappa shape index (κ3) is 3.25. The van der Waals surface area contributed by atoms with Crippen LogP contribution in [0.25, 0.3) is 0 Å². The second-order valence-electron chi connectivity index (χ2n) is 6.60. The van der Waals surface area contributed by atoms with Crippen LogP contribution in [0.3, 0.4) is 0 Å². The van der Waals surface area contributed by atoms with Gasteiger partial charge in [0.05, 0.1) is 12.7 Å². The first-order valence-electron chi connectivity index (χ1n) is 8.75. The maximum atomic E-state index is 10.6. The van der Waals surface area contributed by atoms with Crippen LogP contribution in [0, 0.1) is 0 Å². The number of hydrogen-bond donors (Lipinski definition) is 1. The van der Waals surface area contributed by atoms with E-state index >= 15 is 0 Å². The third-order valence-corrected chi connectivity index (χ3v) is 5.02. The van der Waals surface area contributed by atoms with Crippen molar-refractivity contribution in [1.29, 1.82) is 0 Å². The van der Waals surface area contributed by atoms with Crippen LogP contribution in [0.5, 0.6) is 5.75 Å². The molecule has 0 spiro atoms. The Bertz CT molecular complexity index is 681. The molecular formula is C20H24N2O2. The van der Waals surface area contributed by atoms with E-state index in [0.29, 0.717) is 6.54 Å². The molecule has 1 saturated heterocycles. The first kappa shape index (κ1) is 15.5. The zero-order valence-corrected chi connectivity index (χ0v) is 13.9. The molecule has 126 valence electrons. The molecular weight excluding hydrogens is 300 g/mol. The highest BCUT2D eigenvalue weighted by atomic mass is 16.5. The molecule has 2 aromatic rings. The van der Waals surface area contributed by atoms with Gasteiger partial charge in [-0.1, -0.05) is 24.3 Å². The average molecular weight is 324 g/mol. The second-order valence-corrected chi connectivity index (χ2v) is 6.60. The minimum Gasteiger partial charge on any atom is -0.493 e. The van der Waals surface area contributed by atoms with Crippen LogP contribution >= 0.6 is 0 Å². The number of aliphatic hydroxyl groups is 1. The summed E-state index contributed by atoms with van der Waals surface area (Å²) in [6, 6.07) is 16.6. The molecule has 1 fully saturated rings. The van der Waals surface area contributed by atoms with Crippen LogP contribution in [-0.4, -0.2) is 49.3 Å². The normalized spacial score (nSPS) is 19.0. The quantitative estimate of drug-likeness (QED) is 0.937. The van der Waals surface area contributed by atoms with Crippen molar-refractivity contribution in [1.82, 2.24) is 4.90 Å². The van der Waals surface area contributed by atoms with Gasteiger partial charge in [-0.2, -0.15) is 0 Å². The topological polar surface area (TPSA) is 35.9 Å². The van der Waals surface area contributed by atoms with E-state index in [2.05, 4.69) is 46.2 Å². The molecule has 0 saturated carbocycles. The SMILES string of the molecule is OC(CN1CCN(c2ccccc2)CC1)c1ccc2c(c1)CCO2. The van der Waals surface area contributed by atoms with E-state index in [-0.39, 0.29) is 0 Å². The monoisotopic (exact) mass is 324 g/mol. The number of benzene rings is 2. The van der Waals surface area contributed by atoms with Gasteiger partial charge in [0, 0.05) is 44.8 Å². The fraction of sp³-hybridized carbons (Fsp3) is 0.400. The minimum absolute atomic E-state index is 0.431. The lowest BCUT2D eigenvalue weighted by molar-refractivity contribution is 0.109. The number of para-hydroxylation sites is 1. The smallest absolute Gasteiger partial charge is 0.122 e. The number of β-amino-alcohol motifs (C(OH)–C–C–N with tert-alkyl or cyclic N) is 1. The van der Waals surface area contributed by atoms with Gasteiger partial charge in [0.15, 0.2) is 0 Å². The first-order chi connectivity index (χ1) is 11.8. The second kappa shape index (κ2) is 6.83. The molecule has 2 heterocycles. The van der Waals surface area contributed by atoms with E-state index < -0.39 is 6.10 Å². The number of ether oxygens (including phenoxy) is 1. The van der Waals surface area contributed by atoms with Crippen molar-refractivity contribution < 1.29 is 9.84 Å². The standard InChI is InChI=1S/C20H24N2O2/c23-19(16-6-7-20-17(14-16)8-13-24-20)15-21-9-11-22(12-10-21)18-4-2-1-3-5-18/h1-7,14,19,23H,8-13,15H2. The molecule has 1 atom stereocenters. The van der Waals surface area contributed by atoms with Gasteiger partial charge in [0.2, 0.25) is 0 Å². The first-order valence-corrected chi connectivity index (χ1v) is 8.75. The predicted octanol–water partition coefficient (Wildman–Crippen LogP) is 2.48. The van der Waals surface area contributed by atoms with Crippen LogP contribution in [0.2, 0.25) is 0 Å². The molecule has 4 heteroatoms. The molecule has 0 aliphatic carbocycles. The Hall–Kier alpha value is -2.04. The van der Waals surface area contributed by atoms with E-state index in [1.54, 1.807) is 0 Å². The Labute approximate surface area is 143 Å². The summed E-state index contributed by atoms with van der Waals surface area (Å²) in [4.78, 5) is 4.77. The summed E-state index contributed by atoms with van der Waals surface area (Å²) in [7, 11) is 0. The van der Waals surface area contributed by atoms with Gasteiger partial charge < -0.3 is 14.7 Å². The highest BCUT2D eigenvalue weighted by molar-refractivity contribution is 5.46. The van der Waals surface area contributed by atoms with E-state index in [0.717, 1.165) is 50.5 Å². The zero-order chi connectivity index (χ0) is 16.4. The van der Waals surface area contributed by atoms with Gasteiger partial charge in [-0.05, 0) is 35.4 Å². The summed E-state index contributed by atoms with van der Waals surface area (Å²) in [5, 5.41) is 10.6. The highest BCUT2D eigenvalue weighted by Gasteiger charge is 2.21. The van der Waals surface area contributed by atoms with Gasteiger partial charge in [0.1, 0.15) is 5.75 Å². The minimum atomic E-state index is -0.431. The van der Waals surface area contributed by atoms with Crippen molar-refractivity contribution in [3.63, 3.8) is 0 Å². The summed E-state index contributed by atoms with van der Waals surface area (Å²) in [6.45, 7) is 5.45. The molecule has 4 nitrogen and oxygen atoms in total. The number of rotatable bonds is 4. The molecule has 2 aromatic carbocycles. The van der Waals surface area contributed by atoms with Crippen molar-refractivity contribution in [2.75, 3.05) is 44.2 Å². The lowest BCUT2D eigenvalue weighted by Gasteiger charge is -2.37. The van der Waals surface area contributed by atoms with E-state index in [1.165, 1.54) is 11.3 Å². The Balaban J connectivity index is 1.33. The lowest BCUT2D eigenvalue weighted by Crippen LogP contribution is -2.47. The number of nitrogens with zero attached hydrogens (tertiary/aromatic N) is 2. The molecule has 0 bridgehead atoms. The Morgan fingerprint density at radius 2 is 1.79 bits per heavy atom. The highest BCUT2D eigenvalue weighted by Crippen LogP contribution is 2.28. The van der Waals surface area contributed by atoms with Crippen molar-refractivity contribution >= 4 is 5.69 Å². The van der Waals surface area contributed by atoms with Crippen LogP contribution in [0.15, 0.2) is 48.5 Å². The van der Waals surface area contributed by atoms with Gasteiger partial charge in [-0.3, -0.25) is 4.90 Å². The van der Waals surface area contributed by atoms with Gasteiger partial charge in [-0.15, -0.1) is 0 Å². The van der Waals surface area contributed by atoms with Gasteiger partial charge >= 0.3 is 0 Å². The Morgan fingerprint density at radius 3 is 2.58 bits per heavy atom. The Morgan fingerprint density at radius 1 is 1.00 bits per heavy atom. The van der Waals surface area contributed by atoms with E-state index in [9.17, 15) is 5.11 Å². The van der Waals surface area contributed by atoms with Crippen molar-refractivity contribution in [3.8, 4) is 5.75 Å². The van der Waals surface area contributed by atoms with Crippen LogP contribution < -0.4 is 9.64 Å². The zero-order valence-electron chi connectivity index (χ0n) is 13.9. The number of anilines is 1. The maximum Gasteiger partial charge on any atom is 0.122 e. The van der Waals surface area contributed by atoms with Crippen molar-refractivity contribution in [3.05, 3.63) is 59.7 Å². The summed E-state index contributed by atoms with van der Waals surface area (Å²) in [6.07, 6.45) is 0.519. The molecule has 1 N–H and O–H groups in total. The van der Waals surface area contributed by atoms with Crippen LogP contribution in [-0.2, 0) is 6.42 Å². The molecule has 2 aliphatic rings. The molecule has 2 aliphatic heterocycles. The molecule has 0 radical (unpaired) electrons. The summed E-state index contributed by atoms with van der Waals surface area (Å²) in [5.74, 6) is 0.974. The fourth-order valence-electron chi connectivity index (χ4n) is 3.59. The molecule has 0 aromatic heterocycles. The Kier molecular flexibility index (Phi) is 4.41. The maximum absolute atomic E-state index is 10.6. The molecule has 0 amide bonds. The summed E-state index contributed by atoms with van der Waals surface area (Å²) < 4.78 is 5.54.